The maximum Gasteiger partial charge on any atom is 0.109 e. The summed E-state index contributed by atoms with van der Waals surface area (Å²) < 4.78 is 1.80. The van der Waals surface area contributed by atoms with Crippen molar-refractivity contribution in [1.82, 2.24) is 15.1 Å². The lowest BCUT2D eigenvalue weighted by molar-refractivity contribution is 0.0153. The molecular formula is C11H18ClN3O. The molecule has 1 aliphatic heterocycles. The Labute approximate surface area is 101 Å². The fourth-order valence-corrected chi connectivity index (χ4v) is 2.67. The van der Waals surface area contributed by atoms with E-state index in [9.17, 15) is 5.11 Å². The smallest absolute Gasteiger partial charge is 0.109 e. The highest BCUT2D eigenvalue weighted by Gasteiger charge is 2.35. The monoisotopic (exact) mass is 243 g/mol. The summed E-state index contributed by atoms with van der Waals surface area (Å²) in [5, 5.41) is 18.8. The molecule has 0 saturated carbocycles. The number of aliphatic hydroxyl groups is 1. The van der Waals surface area contributed by atoms with Crippen LogP contribution in [0.25, 0.3) is 0 Å². The topological polar surface area (TPSA) is 50.1 Å². The lowest BCUT2D eigenvalue weighted by Gasteiger charge is -2.27. The molecular weight excluding hydrogens is 226 g/mol. The third-order valence-corrected chi connectivity index (χ3v) is 3.47. The molecule has 2 heterocycles. The van der Waals surface area contributed by atoms with Crippen molar-refractivity contribution in [3.05, 3.63) is 16.9 Å². The van der Waals surface area contributed by atoms with Crippen LogP contribution in [-0.2, 0) is 12.1 Å². The molecule has 2 N–H and O–H groups in total. The summed E-state index contributed by atoms with van der Waals surface area (Å²) in [7, 11) is 0. The van der Waals surface area contributed by atoms with Gasteiger partial charge in [0.2, 0.25) is 0 Å². The third kappa shape index (κ3) is 2.10. The normalized spacial score (nSPS) is 26.7. The van der Waals surface area contributed by atoms with E-state index in [1.807, 2.05) is 6.92 Å². The molecule has 0 radical (unpaired) electrons. The Bertz CT molecular complexity index is 356. The van der Waals surface area contributed by atoms with Gasteiger partial charge in [0.05, 0.1) is 16.9 Å². The molecule has 0 aliphatic carbocycles. The van der Waals surface area contributed by atoms with Crippen molar-refractivity contribution in [2.24, 2.45) is 0 Å². The van der Waals surface area contributed by atoms with Gasteiger partial charge < -0.3 is 10.4 Å². The average Bonchev–Trinajstić information content (AvgIpc) is 2.51. The van der Waals surface area contributed by atoms with Gasteiger partial charge in [-0.2, -0.15) is 5.10 Å². The van der Waals surface area contributed by atoms with Crippen molar-refractivity contribution in [2.75, 3.05) is 13.1 Å². The summed E-state index contributed by atoms with van der Waals surface area (Å²) in [5.41, 5.74) is -0.0482. The molecule has 0 spiro atoms. The minimum absolute atomic E-state index is 0.575. The van der Waals surface area contributed by atoms with E-state index in [1.165, 1.54) is 0 Å². The Balaban J connectivity index is 2.35. The van der Waals surface area contributed by atoms with Crippen LogP contribution < -0.4 is 5.32 Å². The highest BCUT2D eigenvalue weighted by atomic mass is 35.5. The van der Waals surface area contributed by atoms with E-state index in [0.717, 1.165) is 38.2 Å². The van der Waals surface area contributed by atoms with Gasteiger partial charge in [0.15, 0.2) is 0 Å². The summed E-state index contributed by atoms with van der Waals surface area (Å²) >= 11 is 6.14. The van der Waals surface area contributed by atoms with E-state index >= 15 is 0 Å². The molecule has 1 saturated heterocycles. The average molecular weight is 244 g/mol. The minimum Gasteiger partial charge on any atom is -0.383 e. The molecule has 0 aromatic carbocycles. The quantitative estimate of drug-likeness (QED) is 0.828. The Morgan fingerprint density at radius 3 is 3.12 bits per heavy atom. The van der Waals surface area contributed by atoms with Crippen molar-refractivity contribution in [3.8, 4) is 0 Å². The van der Waals surface area contributed by atoms with Gasteiger partial charge in [-0.25, -0.2) is 0 Å². The van der Waals surface area contributed by atoms with Gasteiger partial charge in [-0.15, -0.1) is 0 Å². The fourth-order valence-electron chi connectivity index (χ4n) is 2.35. The van der Waals surface area contributed by atoms with Crippen LogP contribution in [0.5, 0.6) is 0 Å². The van der Waals surface area contributed by atoms with Crippen molar-refractivity contribution in [3.63, 3.8) is 0 Å². The first kappa shape index (κ1) is 11.9. The van der Waals surface area contributed by atoms with Gasteiger partial charge in [0, 0.05) is 6.54 Å². The van der Waals surface area contributed by atoms with Crippen molar-refractivity contribution < 1.29 is 5.11 Å². The number of rotatable bonds is 2. The van der Waals surface area contributed by atoms with Crippen molar-refractivity contribution >= 4 is 11.6 Å². The molecule has 1 aromatic rings. The highest BCUT2D eigenvalue weighted by Crippen LogP contribution is 2.35. The number of hydrogen-bond acceptors (Lipinski definition) is 3. The van der Waals surface area contributed by atoms with Gasteiger partial charge >= 0.3 is 0 Å². The Hall–Kier alpha value is -0.580. The Morgan fingerprint density at radius 2 is 2.38 bits per heavy atom. The number of halogens is 1. The van der Waals surface area contributed by atoms with Crippen LogP contribution in [0, 0.1) is 0 Å². The van der Waals surface area contributed by atoms with E-state index < -0.39 is 5.60 Å². The third-order valence-electron chi connectivity index (χ3n) is 3.19. The van der Waals surface area contributed by atoms with Gasteiger partial charge in [-0.1, -0.05) is 11.6 Å². The predicted molar refractivity (Wildman–Crippen MR) is 63.5 cm³/mol. The van der Waals surface area contributed by atoms with Gasteiger partial charge in [0.1, 0.15) is 5.60 Å². The molecule has 2 rings (SSSR count). The van der Waals surface area contributed by atoms with E-state index in [2.05, 4.69) is 10.4 Å². The molecule has 16 heavy (non-hydrogen) atoms. The second-order valence-electron chi connectivity index (χ2n) is 4.29. The van der Waals surface area contributed by atoms with Crippen molar-refractivity contribution in [2.45, 2.75) is 38.3 Å². The summed E-state index contributed by atoms with van der Waals surface area (Å²) in [4.78, 5) is 0. The van der Waals surface area contributed by atoms with Crippen LogP contribution in [0.15, 0.2) is 6.20 Å². The first-order valence-electron chi connectivity index (χ1n) is 5.82. The van der Waals surface area contributed by atoms with E-state index in [1.54, 1.807) is 10.9 Å². The molecule has 1 aliphatic rings. The van der Waals surface area contributed by atoms with E-state index in [0.29, 0.717) is 11.4 Å². The fraction of sp³-hybridized carbons (Fsp3) is 0.727. The predicted octanol–water partition coefficient (Wildman–Crippen LogP) is 1.52. The summed E-state index contributed by atoms with van der Waals surface area (Å²) in [5.74, 6) is 0. The summed E-state index contributed by atoms with van der Waals surface area (Å²) in [6.07, 6.45) is 4.02. The molecule has 1 fully saturated rings. The van der Waals surface area contributed by atoms with E-state index in [-0.39, 0.29) is 0 Å². The maximum atomic E-state index is 10.7. The van der Waals surface area contributed by atoms with Crippen LogP contribution in [0.3, 0.4) is 0 Å². The largest absolute Gasteiger partial charge is 0.383 e. The molecule has 90 valence electrons. The SMILES string of the molecule is CCn1ncc(Cl)c1C1(O)CCCNCC1. The molecule has 0 amide bonds. The molecule has 1 unspecified atom stereocenters. The minimum atomic E-state index is -0.826. The number of aryl methyl sites for hydroxylation is 1. The van der Waals surface area contributed by atoms with Gasteiger partial charge in [-0.3, -0.25) is 4.68 Å². The van der Waals surface area contributed by atoms with Crippen LogP contribution in [0.4, 0.5) is 0 Å². The number of aromatic nitrogens is 2. The molecule has 1 atom stereocenters. The first-order valence-corrected chi connectivity index (χ1v) is 6.20. The second kappa shape index (κ2) is 4.73. The molecule has 0 bridgehead atoms. The second-order valence-corrected chi connectivity index (χ2v) is 4.70. The molecule has 1 aromatic heterocycles. The summed E-state index contributed by atoms with van der Waals surface area (Å²) in [6, 6.07) is 0. The lowest BCUT2D eigenvalue weighted by atomic mass is 9.91. The zero-order valence-electron chi connectivity index (χ0n) is 9.54. The van der Waals surface area contributed by atoms with Crippen molar-refractivity contribution in [1.29, 1.82) is 0 Å². The summed E-state index contributed by atoms with van der Waals surface area (Å²) in [6.45, 7) is 4.52. The number of nitrogens with zero attached hydrogens (tertiary/aromatic N) is 2. The Morgan fingerprint density at radius 1 is 1.56 bits per heavy atom. The highest BCUT2D eigenvalue weighted by molar-refractivity contribution is 6.31. The zero-order valence-corrected chi connectivity index (χ0v) is 10.3. The van der Waals surface area contributed by atoms with Gasteiger partial charge in [0.25, 0.3) is 0 Å². The van der Waals surface area contributed by atoms with Gasteiger partial charge in [-0.05, 0) is 39.3 Å². The van der Waals surface area contributed by atoms with Crippen LogP contribution >= 0.6 is 11.6 Å². The van der Waals surface area contributed by atoms with E-state index in [4.69, 9.17) is 11.6 Å². The van der Waals surface area contributed by atoms with Crippen LogP contribution in [0.2, 0.25) is 5.02 Å². The Kier molecular flexibility index (Phi) is 3.52. The first-order chi connectivity index (χ1) is 7.67. The molecule has 4 nitrogen and oxygen atoms in total. The molecule has 5 heteroatoms. The maximum absolute atomic E-state index is 10.7. The standard InChI is InChI=1S/C11H18ClN3O/c1-2-15-10(9(12)8-14-15)11(16)4-3-6-13-7-5-11/h8,13,16H,2-7H2,1H3. The number of hydrogen-bond donors (Lipinski definition) is 2. The van der Waals surface area contributed by atoms with Crippen LogP contribution in [0.1, 0.15) is 31.9 Å². The lowest BCUT2D eigenvalue weighted by Crippen LogP contribution is -2.30. The number of nitrogens with one attached hydrogen (secondary N) is 1. The zero-order chi connectivity index (χ0) is 11.6. The van der Waals surface area contributed by atoms with Crippen LogP contribution in [-0.4, -0.2) is 28.0 Å².